The highest BCUT2D eigenvalue weighted by molar-refractivity contribution is 9.10. The second-order valence-electron chi connectivity index (χ2n) is 4.31. The Labute approximate surface area is 117 Å². The average molecular weight is 323 g/mol. The van der Waals surface area contributed by atoms with Gasteiger partial charge in [-0.05, 0) is 35.8 Å². The summed E-state index contributed by atoms with van der Waals surface area (Å²) in [6.07, 6.45) is 3.40. The van der Waals surface area contributed by atoms with Crippen LogP contribution in [0, 0.1) is 0 Å². The first-order valence-electron chi connectivity index (χ1n) is 5.60. The van der Waals surface area contributed by atoms with E-state index < -0.39 is 0 Å². The van der Waals surface area contributed by atoms with Crippen molar-refractivity contribution in [3.8, 4) is 0 Å². The van der Waals surface area contributed by atoms with E-state index in [1.807, 2.05) is 6.07 Å². The summed E-state index contributed by atoms with van der Waals surface area (Å²) >= 11 is 5.06. The molecule has 1 N–H and O–H groups in total. The molecule has 3 heterocycles. The lowest BCUT2D eigenvalue weighted by atomic mass is 10.3. The molecule has 0 amide bonds. The minimum Gasteiger partial charge on any atom is -0.367 e. The van der Waals surface area contributed by atoms with E-state index in [1.165, 1.54) is 0 Å². The molecule has 92 valence electrons. The number of rotatable bonds is 2. The number of hydrogen-bond acceptors (Lipinski definition) is 5. The Morgan fingerprint density at radius 2 is 2.11 bits per heavy atom. The van der Waals surface area contributed by atoms with Crippen LogP contribution in [0.2, 0.25) is 0 Å². The summed E-state index contributed by atoms with van der Waals surface area (Å²) in [7, 11) is 0. The van der Waals surface area contributed by atoms with Crippen molar-refractivity contribution in [3.05, 3.63) is 23.1 Å². The number of thiophene rings is 1. The van der Waals surface area contributed by atoms with Crippen LogP contribution in [0.4, 0.5) is 5.82 Å². The van der Waals surface area contributed by atoms with Crippen molar-refractivity contribution in [3.63, 3.8) is 0 Å². The topological polar surface area (TPSA) is 50.7 Å². The van der Waals surface area contributed by atoms with Gasteiger partial charge in [-0.3, -0.25) is 0 Å². The lowest BCUT2D eigenvalue weighted by Gasteiger charge is -2.08. The van der Waals surface area contributed by atoms with E-state index >= 15 is 0 Å². The predicted octanol–water partition coefficient (Wildman–Crippen LogP) is 3.82. The highest BCUT2D eigenvalue weighted by atomic mass is 79.9. The Morgan fingerprint density at radius 3 is 2.89 bits per heavy atom. The molecule has 0 fully saturated rings. The number of hydrogen-bond donors (Lipinski definition) is 1. The third kappa shape index (κ3) is 1.95. The molecule has 3 aromatic rings. The van der Waals surface area contributed by atoms with Crippen LogP contribution in [0.5, 0.6) is 0 Å². The molecular weight excluding hydrogens is 312 g/mol. The molecule has 0 radical (unpaired) electrons. The average Bonchev–Trinajstić information content (AvgIpc) is 2.68. The maximum Gasteiger partial charge on any atom is 0.147 e. The fourth-order valence-corrected chi connectivity index (χ4v) is 3.18. The van der Waals surface area contributed by atoms with Gasteiger partial charge in [0.05, 0.1) is 10.2 Å². The van der Waals surface area contributed by atoms with Crippen LogP contribution in [0.3, 0.4) is 0 Å². The van der Waals surface area contributed by atoms with Crippen molar-refractivity contribution < 1.29 is 0 Å². The fraction of sp³-hybridized carbons (Fsp3) is 0.250. The van der Waals surface area contributed by atoms with Crippen molar-refractivity contribution >= 4 is 53.5 Å². The largest absolute Gasteiger partial charge is 0.367 e. The Hall–Kier alpha value is -1.27. The Kier molecular flexibility index (Phi) is 2.91. The molecule has 18 heavy (non-hydrogen) atoms. The SMILES string of the molecule is CC(C)Nc1ncnc2c1sc1ncc(Br)cc12. The summed E-state index contributed by atoms with van der Waals surface area (Å²) in [6, 6.07) is 2.39. The van der Waals surface area contributed by atoms with Crippen LogP contribution in [0.1, 0.15) is 13.8 Å². The smallest absolute Gasteiger partial charge is 0.147 e. The van der Waals surface area contributed by atoms with Crippen molar-refractivity contribution in [2.45, 2.75) is 19.9 Å². The van der Waals surface area contributed by atoms with Gasteiger partial charge in [0, 0.05) is 22.1 Å². The molecule has 4 nitrogen and oxygen atoms in total. The quantitative estimate of drug-likeness (QED) is 0.779. The van der Waals surface area contributed by atoms with E-state index in [0.717, 1.165) is 30.7 Å². The van der Waals surface area contributed by atoms with Gasteiger partial charge in [0.2, 0.25) is 0 Å². The van der Waals surface area contributed by atoms with Crippen LogP contribution < -0.4 is 5.32 Å². The second kappa shape index (κ2) is 4.44. The lowest BCUT2D eigenvalue weighted by Crippen LogP contribution is -2.10. The van der Waals surface area contributed by atoms with Gasteiger partial charge in [0.1, 0.15) is 17.0 Å². The molecule has 0 aliphatic carbocycles. The van der Waals surface area contributed by atoms with E-state index in [-0.39, 0.29) is 0 Å². The van der Waals surface area contributed by atoms with Gasteiger partial charge in [-0.1, -0.05) is 0 Å². The molecule has 0 aromatic carbocycles. The van der Waals surface area contributed by atoms with Crippen molar-refractivity contribution in [2.75, 3.05) is 5.32 Å². The Morgan fingerprint density at radius 1 is 1.28 bits per heavy atom. The monoisotopic (exact) mass is 322 g/mol. The van der Waals surface area contributed by atoms with Crippen molar-refractivity contribution in [1.82, 2.24) is 15.0 Å². The maximum atomic E-state index is 4.41. The Balaban J connectivity index is 2.32. The number of aromatic nitrogens is 3. The zero-order valence-corrected chi connectivity index (χ0v) is 12.3. The normalized spacial score (nSPS) is 11.6. The second-order valence-corrected chi connectivity index (χ2v) is 6.22. The molecule has 0 atom stereocenters. The molecule has 0 spiro atoms. The van der Waals surface area contributed by atoms with E-state index in [4.69, 9.17) is 0 Å². The number of halogens is 1. The number of nitrogens with zero attached hydrogens (tertiary/aromatic N) is 3. The third-order valence-electron chi connectivity index (χ3n) is 2.50. The van der Waals surface area contributed by atoms with E-state index in [2.05, 4.69) is 50.0 Å². The van der Waals surface area contributed by atoms with Gasteiger partial charge in [0.15, 0.2) is 0 Å². The van der Waals surface area contributed by atoms with Crippen molar-refractivity contribution in [1.29, 1.82) is 0 Å². The molecule has 0 aliphatic heterocycles. The molecule has 3 rings (SSSR count). The standard InChI is InChI=1S/C12H11BrN4S/c1-6(2)17-11-10-9(15-5-16-11)8-3-7(13)4-14-12(8)18-10/h3-6H,1-2H3,(H,15,16,17). The summed E-state index contributed by atoms with van der Waals surface area (Å²) < 4.78 is 2.03. The Bertz CT molecular complexity index is 722. The molecule has 0 saturated heterocycles. The highest BCUT2D eigenvalue weighted by Gasteiger charge is 2.12. The molecule has 3 aromatic heterocycles. The summed E-state index contributed by atoms with van der Waals surface area (Å²) in [5.41, 5.74) is 0.960. The minimum absolute atomic E-state index is 0.341. The third-order valence-corrected chi connectivity index (χ3v) is 4.04. The first-order chi connectivity index (χ1) is 8.65. The van der Waals surface area contributed by atoms with Crippen LogP contribution >= 0.6 is 27.3 Å². The molecule has 0 bridgehead atoms. The van der Waals surface area contributed by atoms with Gasteiger partial charge >= 0.3 is 0 Å². The summed E-state index contributed by atoms with van der Waals surface area (Å²) in [5.74, 6) is 0.883. The van der Waals surface area contributed by atoms with E-state index in [1.54, 1.807) is 23.9 Å². The van der Waals surface area contributed by atoms with Gasteiger partial charge < -0.3 is 5.32 Å². The zero-order valence-electron chi connectivity index (χ0n) is 9.94. The molecular formula is C12H11BrN4S. The number of fused-ring (bicyclic) bond motifs is 3. The highest BCUT2D eigenvalue weighted by Crippen LogP contribution is 2.35. The first-order valence-corrected chi connectivity index (χ1v) is 7.21. The van der Waals surface area contributed by atoms with Crippen LogP contribution in [-0.4, -0.2) is 21.0 Å². The molecule has 6 heteroatoms. The summed E-state index contributed by atoms with van der Waals surface area (Å²) in [6.45, 7) is 4.19. The lowest BCUT2D eigenvalue weighted by molar-refractivity contribution is 0.891. The molecule has 0 unspecified atom stereocenters. The predicted molar refractivity (Wildman–Crippen MR) is 79.2 cm³/mol. The van der Waals surface area contributed by atoms with Gasteiger partial charge in [0.25, 0.3) is 0 Å². The van der Waals surface area contributed by atoms with E-state index in [9.17, 15) is 0 Å². The van der Waals surface area contributed by atoms with Gasteiger partial charge in [-0.15, -0.1) is 11.3 Å². The number of nitrogens with one attached hydrogen (secondary N) is 1. The summed E-state index contributed by atoms with van der Waals surface area (Å²) in [4.78, 5) is 14.1. The zero-order chi connectivity index (χ0) is 12.7. The number of anilines is 1. The first kappa shape index (κ1) is 11.8. The van der Waals surface area contributed by atoms with E-state index in [0.29, 0.717) is 6.04 Å². The van der Waals surface area contributed by atoms with Crippen LogP contribution in [0.25, 0.3) is 20.4 Å². The maximum absolute atomic E-state index is 4.41. The minimum atomic E-state index is 0.341. The van der Waals surface area contributed by atoms with Crippen LogP contribution in [0.15, 0.2) is 23.1 Å². The molecule has 0 aliphatic rings. The molecule has 0 saturated carbocycles. The van der Waals surface area contributed by atoms with Crippen LogP contribution in [-0.2, 0) is 0 Å². The van der Waals surface area contributed by atoms with Gasteiger partial charge in [-0.2, -0.15) is 0 Å². The van der Waals surface area contributed by atoms with Gasteiger partial charge in [-0.25, -0.2) is 15.0 Å². The summed E-state index contributed by atoms with van der Waals surface area (Å²) in [5, 5.41) is 4.41. The van der Waals surface area contributed by atoms with Crippen molar-refractivity contribution in [2.24, 2.45) is 0 Å². The fourth-order valence-electron chi connectivity index (χ4n) is 1.81. The number of pyridine rings is 1.